The van der Waals surface area contributed by atoms with Gasteiger partial charge in [0.25, 0.3) is 0 Å². The standard InChI is InChI=1S/C21H24N4O8S/c1-5-18(26)22-17-12-15(34(29,30)14-8-6-13(31-2)7-9-14)10-11-16(17)23-19(24-20(27)32-3)25-21(28)33-4/h6-12H,5H2,1-4H3,(H,22,26)(H2,23,24,25,27,28). The van der Waals surface area contributed by atoms with Gasteiger partial charge in [-0.15, -0.1) is 0 Å². The molecular weight excluding hydrogens is 468 g/mol. The first-order chi connectivity index (χ1) is 16.1. The molecule has 12 nitrogen and oxygen atoms in total. The van der Waals surface area contributed by atoms with Crippen molar-refractivity contribution in [1.82, 2.24) is 10.6 Å². The van der Waals surface area contributed by atoms with E-state index in [1.54, 1.807) is 6.92 Å². The van der Waals surface area contributed by atoms with Crippen molar-refractivity contribution in [1.29, 1.82) is 0 Å². The number of carbonyl (C=O) groups is 3. The number of nitrogens with zero attached hydrogens (tertiary/aromatic N) is 1. The quantitative estimate of drug-likeness (QED) is 0.409. The molecule has 0 aliphatic carbocycles. The van der Waals surface area contributed by atoms with Crippen LogP contribution in [0, 0.1) is 0 Å². The van der Waals surface area contributed by atoms with Gasteiger partial charge in [0.2, 0.25) is 21.7 Å². The molecule has 2 aromatic rings. The summed E-state index contributed by atoms with van der Waals surface area (Å²) in [4.78, 5) is 39.3. The lowest BCUT2D eigenvalue weighted by molar-refractivity contribution is -0.115. The van der Waals surface area contributed by atoms with Crippen molar-refractivity contribution in [2.24, 2.45) is 4.99 Å². The highest BCUT2D eigenvalue weighted by molar-refractivity contribution is 7.91. The highest BCUT2D eigenvalue weighted by atomic mass is 32.2. The zero-order valence-electron chi connectivity index (χ0n) is 18.9. The van der Waals surface area contributed by atoms with Gasteiger partial charge in [-0.25, -0.2) is 23.0 Å². The van der Waals surface area contributed by atoms with E-state index in [4.69, 9.17) is 4.74 Å². The minimum absolute atomic E-state index is 0.0118. The predicted molar refractivity (Wildman–Crippen MR) is 122 cm³/mol. The Bertz CT molecular complexity index is 1170. The first kappa shape index (κ1) is 26.1. The van der Waals surface area contributed by atoms with Crippen LogP contribution in [0.25, 0.3) is 0 Å². The average Bonchev–Trinajstić information content (AvgIpc) is 2.84. The molecule has 0 radical (unpaired) electrons. The molecule has 0 aliphatic heterocycles. The number of nitrogens with one attached hydrogen (secondary N) is 3. The van der Waals surface area contributed by atoms with Gasteiger partial charge in [-0.1, -0.05) is 6.92 Å². The molecular formula is C21H24N4O8S. The van der Waals surface area contributed by atoms with E-state index in [1.165, 1.54) is 49.6 Å². The van der Waals surface area contributed by atoms with Gasteiger partial charge >= 0.3 is 12.2 Å². The fraction of sp³-hybridized carbons (Fsp3) is 0.238. The Balaban J connectivity index is 2.57. The number of guanidine groups is 1. The van der Waals surface area contributed by atoms with Crippen molar-refractivity contribution in [3.8, 4) is 5.75 Å². The fourth-order valence-electron chi connectivity index (χ4n) is 2.51. The van der Waals surface area contributed by atoms with Crippen molar-refractivity contribution in [3.05, 3.63) is 42.5 Å². The zero-order valence-corrected chi connectivity index (χ0v) is 19.7. The minimum atomic E-state index is -3.95. The van der Waals surface area contributed by atoms with Gasteiger partial charge in [0.15, 0.2) is 0 Å². The highest BCUT2D eigenvalue weighted by Gasteiger charge is 2.21. The van der Waals surface area contributed by atoms with Crippen molar-refractivity contribution in [2.45, 2.75) is 23.1 Å². The lowest BCUT2D eigenvalue weighted by atomic mass is 10.2. The molecule has 0 saturated heterocycles. The summed E-state index contributed by atoms with van der Waals surface area (Å²) in [5.41, 5.74) is 0.0653. The second kappa shape index (κ2) is 11.7. The van der Waals surface area contributed by atoms with E-state index in [1.807, 2.05) is 0 Å². The fourth-order valence-corrected chi connectivity index (χ4v) is 3.80. The maximum absolute atomic E-state index is 13.1. The topological polar surface area (TPSA) is 161 Å². The molecule has 0 aliphatic rings. The van der Waals surface area contributed by atoms with Crippen LogP contribution in [-0.2, 0) is 24.1 Å². The van der Waals surface area contributed by atoms with Crippen LogP contribution in [0.2, 0.25) is 0 Å². The third-order valence-corrected chi connectivity index (χ3v) is 6.05. The van der Waals surface area contributed by atoms with Crippen LogP contribution < -0.4 is 20.7 Å². The Labute approximate surface area is 196 Å². The summed E-state index contributed by atoms with van der Waals surface area (Å²) in [5, 5.41) is 6.95. The van der Waals surface area contributed by atoms with Crippen molar-refractivity contribution in [3.63, 3.8) is 0 Å². The maximum Gasteiger partial charge on any atom is 0.413 e. The number of rotatable bonds is 6. The van der Waals surface area contributed by atoms with E-state index >= 15 is 0 Å². The second-order valence-electron chi connectivity index (χ2n) is 6.45. The second-order valence-corrected chi connectivity index (χ2v) is 8.40. The molecule has 3 amide bonds. The first-order valence-corrected chi connectivity index (χ1v) is 11.2. The number of hydrogen-bond donors (Lipinski definition) is 3. The number of ether oxygens (including phenoxy) is 3. The summed E-state index contributed by atoms with van der Waals surface area (Å²) < 4.78 is 40.3. The molecule has 2 rings (SSSR count). The van der Waals surface area contributed by atoms with E-state index in [0.29, 0.717) is 5.75 Å². The molecule has 13 heteroatoms. The summed E-state index contributed by atoms with van der Waals surface area (Å²) >= 11 is 0. The monoisotopic (exact) mass is 492 g/mol. The maximum atomic E-state index is 13.1. The summed E-state index contributed by atoms with van der Waals surface area (Å²) in [6, 6.07) is 9.60. The SMILES string of the molecule is CCC(=O)Nc1cc(S(=O)(=O)c2ccc(OC)cc2)ccc1N=C(NC(=O)OC)NC(=O)OC. The summed E-state index contributed by atoms with van der Waals surface area (Å²) in [6.45, 7) is 1.61. The van der Waals surface area contributed by atoms with Gasteiger partial charge in [0, 0.05) is 6.42 Å². The summed E-state index contributed by atoms with van der Waals surface area (Å²) in [5.74, 6) is -0.307. The number of benzene rings is 2. The smallest absolute Gasteiger partial charge is 0.413 e. The van der Waals surface area contributed by atoms with Crippen LogP contribution in [-0.4, -0.2) is 53.8 Å². The number of carbonyl (C=O) groups excluding carboxylic acids is 3. The third-order valence-electron chi connectivity index (χ3n) is 4.29. The van der Waals surface area contributed by atoms with E-state index in [9.17, 15) is 22.8 Å². The number of methoxy groups -OCH3 is 3. The Morgan fingerprint density at radius 3 is 1.94 bits per heavy atom. The number of alkyl carbamates (subject to hydrolysis) is 2. The molecule has 2 aromatic carbocycles. The van der Waals surface area contributed by atoms with Crippen LogP contribution >= 0.6 is 0 Å². The number of hydrogen-bond acceptors (Lipinski definition) is 9. The van der Waals surface area contributed by atoms with E-state index in [2.05, 4.69) is 30.4 Å². The molecule has 34 heavy (non-hydrogen) atoms. The van der Waals surface area contributed by atoms with E-state index in [-0.39, 0.29) is 33.5 Å². The summed E-state index contributed by atoms with van der Waals surface area (Å²) in [6.07, 6.45) is -1.77. The largest absolute Gasteiger partial charge is 0.497 e. The third kappa shape index (κ3) is 6.68. The molecule has 0 fully saturated rings. The van der Waals surface area contributed by atoms with Crippen LogP contribution in [0.1, 0.15) is 13.3 Å². The van der Waals surface area contributed by atoms with Crippen LogP contribution in [0.3, 0.4) is 0 Å². The highest BCUT2D eigenvalue weighted by Crippen LogP contribution is 2.31. The van der Waals surface area contributed by atoms with Crippen LogP contribution in [0.4, 0.5) is 21.0 Å². The lowest BCUT2D eigenvalue weighted by Gasteiger charge is -2.13. The molecule has 0 atom stereocenters. The molecule has 0 bridgehead atoms. The predicted octanol–water partition coefficient (Wildman–Crippen LogP) is 2.58. The normalized spacial score (nSPS) is 10.5. The molecule has 0 aromatic heterocycles. The Morgan fingerprint density at radius 1 is 0.882 bits per heavy atom. The number of sulfone groups is 1. The van der Waals surface area contributed by atoms with Gasteiger partial charge in [0.05, 0.1) is 42.5 Å². The van der Waals surface area contributed by atoms with Crippen molar-refractivity contribution >= 4 is 45.3 Å². The van der Waals surface area contributed by atoms with Crippen LogP contribution in [0.15, 0.2) is 57.2 Å². The molecule has 0 heterocycles. The summed E-state index contributed by atoms with van der Waals surface area (Å²) in [7, 11) is -0.277. The van der Waals surface area contributed by atoms with Gasteiger partial charge in [-0.2, -0.15) is 0 Å². The molecule has 0 spiro atoms. The number of amides is 3. The van der Waals surface area contributed by atoms with E-state index in [0.717, 1.165) is 14.2 Å². The Hall–Kier alpha value is -4.13. The average molecular weight is 493 g/mol. The Morgan fingerprint density at radius 2 is 1.44 bits per heavy atom. The minimum Gasteiger partial charge on any atom is -0.497 e. The molecule has 3 N–H and O–H groups in total. The van der Waals surface area contributed by atoms with Crippen molar-refractivity contribution in [2.75, 3.05) is 26.6 Å². The molecule has 182 valence electrons. The Kier molecular flexibility index (Phi) is 8.95. The zero-order chi connectivity index (χ0) is 25.3. The van der Waals surface area contributed by atoms with Gasteiger partial charge < -0.3 is 19.5 Å². The van der Waals surface area contributed by atoms with E-state index < -0.39 is 27.9 Å². The van der Waals surface area contributed by atoms with Crippen molar-refractivity contribution < 1.29 is 37.0 Å². The molecule has 0 saturated carbocycles. The van der Waals surface area contributed by atoms with Gasteiger partial charge in [0.1, 0.15) is 5.75 Å². The van der Waals surface area contributed by atoms with Gasteiger partial charge in [-0.3, -0.25) is 15.4 Å². The first-order valence-electron chi connectivity index (χ1n) is 9.76. The lowest BCUT2D eigenvalue weighted by Crippen LogP contribution is -2.43. The number of aliphatic imine (C=N–C) groups is 1. The molecule has 0 unspecified atom stereocenters. The number of anilines is 1. The van der Waals surface area contributed by atoms with Gasteiger partial charge in [-0.05, 0) is 42.5 Å². The van der Waals surface area contributed by atoms with Crippen LogP contribution in [0.5, 0.6) is 5.75 Å².